The fourth-order valence-corrected chi connectivity index (χ4v) is 4.21. The Morgan fingerprint density at radius 2 is 2.00 bits per heavy atom. The average Bonchev–Trinajstić information content (AvgIpc) is 3.22. The lowest BCUT2D eigenvalue weighted by molar-refractivity contribution is 0.0700. The Labute approximate surface area is 166 Å². The monoisotopic (exact) mass is 397 g/mol. The molecule has 1 aliphatic rings. The van der Waals surface area contributed by atoms with E-state index >= 15 is 0 Å². The Hall–Kier alpha value is -2.80. The van der Waals surface area contributed by atoms with E-state index in [-0.39, 0.29) is 23.7 Å². The molecular weight excluding hydrogens is 377 g/mol. The maximum Gasteiger partial charge on any atom is 0.254 e. The average molecular weight is 397 g/mol. The van der Waals surface area contributed by atoms with Gasteiger partial charge in [-0.25, -0.2) is 4.39 Å². The van der Waals surface area contributed by atoms with E-state index in [2.05, 4.69) is 10.3 Å². The number of hydrogen-bond acceptors (Lipinski definition) is 4. The van der Waals surface area contributed by atoms with Gasteiger partial charge in [0.05, 0.1) is 11.1 Å². The SMILES string of the molecule is Cc1cc(C(=O)N2CCC(NC(=O)c3ccsc3)CC2)c2ccc(F)cc2n1. The minimum atomic E-state index is -0.369. The second kappa shape index (κ2) is 7.67. The molecule has 0 radical (unpaired) electrons. The van der Waals surface area contributed by atoms with Crippen LogP contribution in [0.1, 0.15) is 39.3 Å². The lowest BCUT2D eigenvalue weighted by Crippen LogP contribution is -2.46. The van der Waals surface area contributed by atoms with Crippen molar-refractivity contribution in [1.82, 2.24) is 15.2 Å². The molecule has 1 fully saturated rings. The summed E-state index contributed by atoms with van der Waals surface area (Å²) in [5.74, 6) is -0.514. The molecule has 28 heavy (non-hydrogen) atoms. The molecule has 3 aromatic rings. The van der Waals surface area contributed by atoms with Crippen LogP contribution >= 0.6 is 11.3 Å². The minimum Gasteiger partial charge on any atom is -0.349 e. The zero-order valence-corrected chi connectivity index (χ0v) is 16.3. The summed E-state index contributed by atoms with van der Waals surface area (Å²) in [5, 5.41) is 7.41. The maximum atomic E-state index is 13.5. The molecule has 1 aromatic carbocycles. The molecule has 1 aliphatic heterocycles. The number of benzene rings is 1. The number of nitrogens with one attached hydrogen (secondary N) is 1. The highest BCUT2D eigenvalue weighted by Gasteiger charge is 2.26. The Balaban J connectivity index is 1.46. The van der Waals surface area contributed by atoms with Crippen LogP contribution in [0.2, 0.25) is 0 Å². The van der Waals surface area contributed by atoms with E-state index in [1.807, 2.05) is 10.8 Å². The molecule has 5 nitrogen and oxygen atoms in total. The number of rotatable bonds is 3. The molecule has 1 N–H and O–H groups in total. The number of nitrogens with zero attached hydrogens (tertiary/aromatic N) is 2. The molecule has 0 spiro atoms. The highest BCUT2D eigenvalue weighted by molar-refractivity contribution is 7.08. The Morgan fingerprint density at radius 3 is 2.71 bits per heavy atom. The fraction of sp³-hybridized carbons (Fsp3) is 0.286. The van der Waals surface area contributed by atoms with Crippen LogP contribution < -0.4 is 5.32 Å². The molecule has 3 heterocycles. The van der Waals surface area contributed by atoms with Gasteiger partial charge in [0, 0.05) is 47.2 Å². The van der Waals surface area contributed by atoms with E-state index in [1.54, 1.807) is 30.0 Å². The lowest BCUT2D eigenvalue weighted by Gasteiger charge is -2.32. The van der Waals surface area contributed by atoms with Crippen molar-refractivity contribution in [1.29, 1.82) is 0 Å². The third kappa shape index (κ3) is 3.75. The van der Waals surface area contributed by atoms with Gasteiger partial charge < -0.3 is 10.2 Å². The molecule has 7 heteroatoms. The number of amides is 2. The Morgan fingerprint density at radius 1 is 1.21 bits per heavy atom. The van der Waals surface area contributed by atoms with E-state index in [9.17, 15) is 14.0 Å². The van der Waals surface area contributed by atoms with Crippen LogP contribution in [-0.2, 0) is 0 Å². The molecule has 0 bridgehead atoms. The second-order valence-corrected chi connectivity index (χ2v) is 7.80. The third-order valence-corrected chi connectivity index (χ3v) is 5.71. The first-order valence-corrected chi connectivity index (χ1v) is 10.1. The van der Waals surface area contributed by atoms with Gasteiger partial charge in [-0.2, -0.15) is 11.3 Å². The summed E-state index contributed by atoms with van der Waals surface area (Å²) in [6.45, 7) is 2.93. The molecule has 2 aromatic heterocycles. The molecule has 0 saturated carbocycles. The number of carbonyl (C=O) groups is 2. The normalized spacial score (nSPS) is 15.0. The van der Waals surface area contributed by atoms with Crippen molar-refractivity contribution in [3.05, 3.63) is 63.7 Å². The van der Waals surface area contributed by atoms with E-state index in [0.717, 1.165) is 0 Å². The van der Waals surface area contributed by atoms with Crippen molar-refractivity contribution in [2.24, 2.45) is 0 Å². The smallest absolute Gasteiger partial charge is 0.254 e. The summed E-state index contributed by atoms with van der Waals surface area (Å²) in [6, 6.07) is 7.93. The summed E-state index contributed by atoms with van der Waals surface area (Å²) in [4.78, 5) is 31.4. The predicted molar refractivity (Wildman–Crippen MR) is 107 cm³/mol. The van der Waals surface area contributed by atoms with Crippen molar-refractivity contribution >= 4 is 34.1 Å². The van der Waals surface area contributed by atoms with Crippen LogP contribution in [0.4, 0.5) is 4.39 Å². The Bertz CT molecular complexity index is 1020. The highest BCUT2D eigenvalue weighted by Crippen LogP contribution is 2.23. The van der Waals surface area contributed by atoms with Crippen LogP contribution in [0.5, 0.6) is 0 Å². The Kier molecular flexibility index (Phi) is 5.09. The van der Waals surface area contributed by atoms with Gasteiger partial charge in [-0.1, -0.05) is 0 Å². The van der Waals surface area contributed by atoms with E-state index in [1.165, 1.54) is 23.5 Å². The van der Waals surface area contributed by atoms with Gasteiger partial charge in [-0.3, -0.25) is 14.6 Å². The van der Waals surface area contributed by atoms with Crippen molar-refractivity contribution in [2.45, 2.75) is 25.8 Å². The predicted octanol–water partition coefficient (Wildman–Crippen LogP) is 3.78. The quantitative estimate of drug-likeness (QED) is 0.732. The first-order chi connectivity index (χ1) is 13.5. The van der Waals surface area contributed by atoms with Gasteiger partial charge in [-0.05, 0) is 49.4 Å². The van der Waals surface area contributed by atoms with Crippen LogP contribution in [-0.4, -0.2) is 40.8 Å². The summed E-state index contributed by atoms with van der Waals surface area (Å²) in [5.41, 5.74) is 2.39. The summed E-state index contributed by atoms with van der Waals surface area (Å²) >= 11 is 1.49. The molecular formula is C21H20FN3O2S. The second-order valence-electron chi connectivity index (χ2n) is 7.02. The first-order valence-electron chi connectivity index (χ1n) is 9.20. The summed E-state index contributed by atoms with van der Waals surface area (Å²) < 4.78 is 13.5. The van der Waals surface area contributed by atoms with Crippen molar-refractivity contribution in [3.63, 3.8) is 0 Å². The fourth-order valence-electron chi connectivity index (χ4n) is 3.57. The molecule has 2 amide bonds. The lowest BCUT2D eigenvalue weighted by atomic mass is 10.0. The first kappa shape index (κ1) is 18.6. The summed E-state index contributed by atoms with van der Waals surface area (Å²) in [6.07, 6.45) is 1.41. The maximum absolute atomic E-state index is 13.5. The number of carbonyl (C=O) groups excluding carboxylic acids is 2. The van der Waals surface area contributed by atoms with Crippen LogP contribution in [0.25, 0.3) is 10.9 Å². The number of hydrogen-bond donors (Lipinski definition) is 1. The highest BCUT2D eigenvalue weighted by atomic mass is 32.1. The molecule has 0 unspecified atom stereocenters. The van der Waals surface area contributed by atoms with Crippen molar-refractivity contribution < 1.29 is 14.0 Å². The van der Waals surface area contributed by atoms with E-state index in [4.69, 9.17) is 0 Å². The van der Waals surface area contributed by atoms with Gasteiger partial charge in [0.15, 0.2) is 0 Å². The van der Waals surface area contributed by atoms with Crippen molar-refractivity contribution in [2.75, 3.05) is 13.1 Å². The van der Waals surface area contributed by atoms with Crippen LogP contribution in [0, 0.1) is 12.7 Å². The number of likely N-dealkylation sites (tertiary alicyclic amines) is 1. The number of aryl methyl sites for hydroxylation is 1. The minimum absolute atomic E-state index is 0.0569. The van der Waals surface area contributed by atoms with Gasteiger partial charge >= 0.3 is 0 Å². The number of fused-ring (bicyclic) bond motifs is 1. The van der Waals surface area contributed by atoms with Crippen LogP contribution in [0.3, 0.4) is 0 Å². The molecule has 144 valence electrons. The molecule has 0 atom stereocenters. The number of halogens is 1. The van der Waals surface area contributed by atoms with E-state index in [0.29, 0.717) is 53.7 Å². The molecule has 4 rings (SSSR count). The van der Waals surface area contributed by atoms with Gasteiger partial charge in [0.2, 0.25) is 0 Å². The molecule has 1 saturated heterocycles. The number of aromatic nitrogens is 1. The number of thiophene rings is 1. The van der Waals surface area contributed by atoms with Gasteiger partial charge in [0.1, 0.15) is 5.82 Å². The zero-order chi connectivity index (χ0) is 19.7. The van der Waals surface area contributed by atoms with Gasteiger partial charge in [-0.15, -0.1) is 0 Å². The number of piperidine rings is 1. The van der Waals surface area contributed by atoms with Gasteiger partial charge in [0.25, 0.3) is 11.8 Å². The van der Waals surface area contributed by atoms with E-state index < -0.39 is 0 Å². The standard InChI is InChI=1S/C21H20FN3O2S/c1-13-10-18(17-3-2-15(22)11-19(17)23-13)21(27)25-7-4-16(5-8-25)24-20(26)14-6-9-28-12-14/h2-3,6,9-12,16H,4-5,7-8H2,1H3,(H,24,26). The number of pyridine rings is 1. The molecule has 0 aliphatic carbocycles. The third-order valence-electron chi connectivity index (χ3n) is 5.03. The summed E-state index contributed by atoms with van der Waals surface area (Å²) in [7, 11) is 0. The zero-order valence-electron chi connectivity index (χ0n) is 15.4. The topological polar surface area (TPSA) is 62.3 Å². The largest absolute Gasteiger partial charge is 0.349 e. The van der Waals surface area contributed by atoms with Crippen LogP contribution in [0.15, 0.2) is 41.1 Å². The van der Waals surface area contributed by atoms with Crippen molar-refractivity contribution in [3.8, 4) is 0 Å².